The second kappa shape index (κ2) is 15.4. The summed E-state index contributed by atoms with van der Waals surface area (Å²) in [6.07, 6.45) is 24.5. The molecule has 0 heterocycles. The van der Waals surface area contributed by atoms with E-state index < -0.39 is 0 Å². The number of carbonyl (C=O) groups is 1. The quantitative estimate of drug-likeness (QED) is 0.328. The first kappa shape index (κ1) is 18.4. The Kier molecular flexibility index (Phi) is 14.2. The van der Waals surface area contributed by atoms with E-state index in [4.69, 9.17) is 0 Å². The molecule has 0 atom stereocenters. The van der Waals surface area contributed by atoms with Gasteiger partial charge in [-0.25, -0.2) is 0 Å². The molecule has 20 heavy (non-hydrogen) atoms. The summed E-state index contributed by atoms with van der Waals surface area (Å²) >= 11 is 0. The molecular formula is C19H28O. The Morgan fingerprint density at radius 1 is 0.850 bits per heavy atom. The molecule has 0 saturated heterocycles. The molecule has 0 saturated carbocycles. The van der Waals surface area contributed by atoms with Gasteiger partial charge in [-0.15, -0.1) is 0 Å². The minimum Gasteiger partial charge on any atom is -0.300 e. The van der Waals surface area contributed by atoms with Crippen LogP contribution in [0, 0.1) is 0 Å². The van der Waals surface area contributed by atoms with E-state index in [1.807, 2.05) is 37.3 Å². The zero-order valence-electron chi connectivity index (χ0n) is 12.8. The van der Waals surface area contributed by atoms with Crippen LogP contribution in [0.2, 0.25) is 0 Å². The number of allylic oxidation sites excluding steroid dienone is 9. The fourth-order valence-corrected chi connectivity index (χ4v) is 1.73. The maximum absolute atomic E-state index is 11.6. The first-order valence-electron chi connectivity index (χ1n) is 7.55. The third kappa shape index (κ3) is 14.4. The molecule has 0 amide bonds. The van der Waals surface area contributed by atoms with Crippen LogP contribution < -0.4 is 0 Å². The normalized spacial score (nSPS) is 12.2. The topological polar surface area (TPSA) is 17.1 Å². The van der Waals surface area contributed by atoms with Gasteiger partial charge in [0.1, 0.15) is 5.78 Å². The Hall–Kier alpha value is -1.63. The van der Waals surface area contributed by atoms with Crippen molar-refractivity contribution in [2.45, 2.75) is 51.9 Å². The van der Waals surface area contributed by atoms with Crippen LogP contribution >= 0.6 is 0 Å². The maximum Gasteiger partial charge on any atom is 0.132 e. The first-order valence-corrected chi connectivity index (χ1v) is 7.55. The second-order valence-corrected chi connectivity index (χ2v) is 4.68. The molecule has 0 fully saturated rings. The number of unbranched alkanes of at least 4 members (excludes halogenated alkanes) is 3. The van der Waals surface area contributed by atoms with Crippen molar-refractivity contribution in [3.8, 4) is 0 Å². The van der Waals surface area contributed by atoms with Crippen molar-refractivity contribution in [3.63, 3.8) is 0 Å². The van der Waals surface area contributed by atoms with E-state index >= 15 is 0 Å². The first-order chi connectivity index (χ1) is 9.81. The van der Waals surface area contributed by atoms with Crippen LogP contribution in [-0.2, 0) is 4.79 Å². The van der Waals surface area contributed by atoms with Crippen LogP contribution in [0.15, 0.2) is 61.3 Å². The average molecular weight is 272 g/mol. The van der Waals surface area contributed by atoms with Crippen molar-refractivity contribution >= 4 is 5.78 Å². The molecular weight excluding hydrogens is 244 g/mol. The van der Waals surface area contributed by atoms with Crippen LogP contribution in [0.1, 0.15) is 51.9 Å². The minimum atomic E-state index is 0.400. The van der Waals surface area contributed by atoms with E-state index in [1.165, 1.54) is 0 Å². The van der Waals surface area contributed by atoms with E-state index in [0.717, 1.165) is 38.5 Å². The van der Waals surface area contributed by atoms with E-state index in [9.17, 15) is 4.79 Å². The van der Waals surface area contributed by atoms with Crippen LogP contribution in [0.4, 0.5) is 0 Å². The predicted molar refractivity (Wildman–Crippen MR) is 89.8 cm³/mol. The van der Waals surface area contributed by atoms with Crippen molar-refractivity contribution in [1.29, 1.82) is 0 Å². The summed E-state index contributed by atoms with van der Waals surface area (Å²) in [7, 11) is 0. The molecule has 0 radical (unpaired) electrons. The SMILES string of the molecule is C=C/C=C/C=C/CCCC(=O)CCCC/C=C/C=C/C. The van der Waals surface area contributed by atoms with Gasteiger partial charge in [0.2, 0.25) is 0 Å². The predicted octanol–water partition coefficient (Wildman–Crippen LogP) is 5.72. The molecule has 0 unspecified atom stereocenters. The standard InChI is InChI=1S/C19H28O/c1-3-5-7-9-11-13-15-17-19(20)18-16-14-12-10-8-6-4-2/h3-11H,1,12-18H2,2H3/b6-4+,7-5+,10-8+,11-9+. The van der Waals surface area contributed by atoms with E-state index in [1.54, 1.807) is 6.08 Å². The van der Waals surface area contributed by atoms with Gasteiger partial charge >= 0.3 is 0 Å². The molecule has 1 heteroatoms. The molecule has 0 N–H and O–H groups in total. The number of hydrogen-bond acceptors (Lipinski definition) is 1. The number of rotatable bonds is 12. The van der Waals surface area contributed by atoms with Crippen molar-refractivity contribution in [2.24, 2.45) is 0 Å². The van der Waals surface area contributed by atoms with Gasteiger partial charge in [-0.2, -0.15) is 0 Å². The van der Waals surface area contributed by atoms with Gasteiger partial charge in [-0.1, -0.05) is 61.3 Å². The smallest absolute Gasteiger partial charge is 0.132 e. The Morgan fingerprint density at radius 3 is 2.20 bits per heavy atom. The van der Waals surface area contributed by atoms with Crippen molar-refractivity contribution < 1.29 is 4.79 Å². The average Bonchev–Trinajstić information content (AvgIpc) is 2.45. The second-order valence-electron chi connectivity index (χ2n) is 4.68. The number of ketones is 1. The molecule has 1 nitrogen and oxygen atoms in total. The van der Waals surface area contributed by atoms with E-state index in [-0.39, 0.29) is 0 Å². The Balaban J connectivity index is 3.43. The third-order valence-corrected chi connectivity index (χ3v) is 2.84. The van der Waals surface area contributed by atoms with Gasteiger partial charge in [0.15, 0.2) is 0 Å². The van der Waals surface area contributed by atoms with Gasteiger partial charge in [0, 0.05) is 12.8 Å². The summed E-state index contributed by atoms with van der Waals surface area (Å²) in [4.78, 5) is 11.6. The number of carbonyl (C=O) groups excluding carboxylic acids is 1. The van der Waals surface area contributed by atoms with Crippen LogP contribution in [0.25, 0.3) is 0 Å². The molecule has 110 valence electrons. The van der Waals surface area contributed by atoms with Gasteiger partial charge in [-0.05, 0) is 39.0 Å². The molecule has 0 aliphatic rings. The Morgan fingerprint density at radius 2 is 1.50 bits per heavy atom. The molecule has 0 aliphatic carbocycles. The summed E-state index contributed by atoms with van der Waals surface area (Å²) in [5.74, 6) is 0.400. The lowest BCUT2D eigenvalue weighted by molar-refractivity contribution is -0.119. The molecule has 0 aromatic rings. The third-order valence-electron chi connectivity index (χ3n) is 2.84. The zero-order chi connectivity index (χ0) is 14.9. The molecule has 0 aromatic heterocycles. The lowest BCUT2D eigenvalue weighted by atomic mass is 10.1. The largest absolute Gasteiger partial charge is 0.300 e. The van der Waals surface area contributed by atoms with Gasteiger partial charge in [0.25, 0.3) is 0 Å². The maximum atomic E-state index is 11.6. The molecule has 0 spiro atoms. The summed E-state index contributed by atoms with van der Waals surface area (Å²) in [6, 6.07) is 0. The number of Topliss-reactive ketones (excluding diaryl/α,β-unsaturated/α-hetero) is 1. The lowest BCUT2D eigenvalue weighted by Gasteiger charge is -1.98. The monoisotopic (exact) mass is 272 g/mol. The Labute approximate surface area is 124 Å². The van der Waals surface area contributed by atoms with Gasteiger partial charge in [-0.3, -0.25) is 4.79 Å². The molecule has 0 aliphatic heterocycles. The van der Waals surface area contributed by atoms with Crippen molar-refractivity contribution in [2.75, 3.05) is 0 Å². The van der Waals surface area contributed by atoms with Crippen LogP contribution in [0.3, 0.4) is 0 Å². The highest BCUT2D eigenvalue weighted by atomic mass is 16.1. The summed E-state index contributed by atoms with van der Waals surface area (Å²) in [5, 5.41) is 0. The zero-order valence-corrected chi connectivity index (χ0v) is 12.8. The summed E-state index contributed by atoms with van der Waals surface area (Å²) in [5.41, 5.74) is 0. The van der Waals surface area contributed by atoms with Gasteiger partial charge < -0.3 is 0 Å². The highest BCUT2D eigenvalue weighted by Gasteiger charge is 2.00. The molecule has 0 aromatic carbocycles. The number of hydrogen-bond donors (Lipinski definition) is 0. The highest BCUT2D eigenvalue weighted by molar-refractivity contribution is 5.78. The summed E-state index contributed by atoms with van der Waals surface area (Å²) in [6.45, 7) is 5.61. The highest BCUT2D eigenvalue weighted by Crippen LogP contribution is 2.06. The van der Waals surface area contributed by atoms with Crippen LogP contribution in [0.5, 0.6) is 0 Å². The molecule has 0 bridgehead atoms. The van der Waals surface area contributed by atoms with Crippen molar-refractivity contribution in [1.82, 2.24) is 0 Å². The van der Waals surface area contributed by atoms with E-state index in [0.29, 0.717) is 12.2 Å². The van der Waals surface area contributed by atoms with E-state index in [2.05, 4.69) is 24.8 Å². The fraction of sp³-hybridized carbons (Fsp3) is 0.421. The molecule has 0 rings (SSSR count). The Bertz CT molecular complexity index is 356. The van der Waals surface area contributed by atoms with Crippen molar-refractivity contribution in [3.05, 3.63) is 61.3 Å². The van der Waals surface area contributed by atoms with Crippen LogP contribution in [-0.4, -0.2) is 5.78 Å². The van der Waals surface area contributed by atoms with Gasteiger partial charge in [0.05, 0.1) is 0 Å². The lowest BCUT2D eigenvalue weighted by Crippen LogP contribution is -1.96. The summed E-state index contributed by atoms with van der Waals surface area (Å²) < 4.78 is 0. The minimum absolute atomic E-state index is 0.400. The fourth-order valence-electron chi connectivity index (χ4n) is 1.73.